The maximum atomic E-state index is 12.0. The first-order chi connectivity index (χ1) is 11.8. The van der Waals surface area contributed by atoms with E-state index in [9.17, 15) is 13.2 Å². The predicted molar refractivity (Wildman–Crippen MR) is 99.1 cm³/mol. The van der Waals surface area contributed by atoms with E-state index in [4.69, 9.17) is 33.0 Å². The van der Waals surface area contributed by atoms with Crippen LogP contribution in [0.2, 0.25) is 8.67 Å². The zero-order chi connectivity index (χ0) is 18.4. The molecule has 1 aliphatic heterocycles. The topological polar surface area (TPSA) is 92.7 Å². The molecule has 2 atom stereocenters. The summed E-state index contributed by atoms with van der Waals surface area (Å²) >= 11 is 13.6. The fourth-order valence-corrected chi connectivity index (χ4v) is 5.35. The highest BCUT2D eigenvalue weighted by molar-refractivity contribution is 7.91. The van der Waals surface area contributed by atoms with Crippen molar-refractivity contribution in [3.63, 3.8) is 0 Å². The van der Waals surface area contributed by atoms with Crippen LogP contribution >= 0.6 is 45.9 Å². The molecule has 2 aromatic heterocycles. The Kier molecular flexibility index (Phi) is 7.68. The first-order valence-corrected chi connectivity index (χ1v) is 11.0. The maximum Gasteiger partial charge on any atom is 0.306 e. The third-order valence-electron chi connectivity index (χ3n) is 3.22. The molecule has 2 N–H and O–H groups in total. The number of carbonyl (C=O) groups is 1. The molecule has 1 saturated heterocycles. The van der Waals surface area contributed by atoms with Gasteiger partial charge in [-0.15, -0.1) is 22.7 Å². The van der Waals surface area contributed by atoms with Gasteiger partial charge in [0.2, 0.25) is 0 Å². The zero-order valence-corrected chi connectivity index (χ0v) is 16.7. The van der Waals surface area contributed by atoms with Crippen molar-refractivity contribution in [3.05, 3.63) is 38.3 Å². The SMILES string of the molecule is Clc1cccs1.O=C(O)C1CCOC(NS(=O)(=O)c2ccc(Cl)s2)C1. The molecule has 0 amide bonds. The van der Waals surface area contributed by atoms with Crippen LogP contribution in [0.15, 0.2) is 33.9 Å². The first kappa shape index (κ1) is 20.6. The molecule has 0 radical (unpaired) electrons. The van der Waals surface area contributed by atoms with Crippen molar-refractivity contribution in [2.75, 3.05) is 6.61 Å². The molecular weight excluding hydrogens is 429 g/mol. The minimum Gasteiger partial charge on any atom is -0.481 e. The molecule has 0 aliphatic carbocycles. The van der Waals surface area contributed by atoms with Gasteiger partial charge < -0.3 is 9.84 Å². The third kappa shape index (κ3) is 6.52. The van der Waals surface area contributed by atoms with Gasteiger partial charge in [0, 0.05) is 13.0 Å². The lowest BCUT2D eigenvalue weighted by Gasteiger charge is -2.27. The molecule has 3 rings (SSSR count). The molecule has 0 bridgehead atoms. The monoisotopic (exact) mass is 443 g/mol. The summed E-state index contributed by atoms with van der Waals surface area (Å²) in [5.74, 6) is -1.53. The van der Waals surface area contributed by atoms with Gasteiger partial charge in [0.05, 0.1) is 14.6 Å². The summed E-state index contributed by atoms with van der Waals surface area (Å²) in [7, 11) is -3.72. The Labute approximate surface area is 163 Å². The molecular formula is C14H15Cl2NO5S3. The number of thiophene rings is 2. The Balaban J connectivity index is 0.000000316. The van der Waals surface area contributed by atoms with Crippen LogP contribution in [0.3, 0.4) is 0 Å². The van der Waals surface area contributed by atoms with E-state index in [0.29, 0.717) is 10.8 Å². The van der Waals surface area contributed by atoms with Gasteiger partial charge in [-0.2, -0.15) is 4.72 Å². The summed E-state index contributed by atoms with van der Waals surface area (Å²) < 4.78 is 32.9. The van der Waals surface area contributed by atoms with E-state index in [2.05, 4.69) is 4.72 Å². The van der Waals surface area contributed by atoms with Gasteiger partial charge in [-0.1, -0.05) is 23.2 Å². The molecule has 1 aliphatic rings. The number of aliphatic carboxylic acids is 1. The molecule has 138 valence electrons. The van der Waals surface area contributed by atoms with Crippen molar-refractivity contribution in [1.29, 1.82) is 0 Å². The summed E-state index contributed by atoms with van der Waals surface area (Å²) in [6.45, 7) is 0.218. The molecule has 6 nitrogen and oxygen atoms in total. The highest BCUT2D eigenvalue weighted by atomic mass is 35.5. The maximum absolute atomic E-state index is 12.0. The lowest BCUT2D eigenvalue weighted by atomic mass is 9.99. The second-order valence-electron chi connectivity index (χ2n) is 5.02. The van der Waals surface area contributed by atoms with Crippen LogP contribution in [0.5, 0.6) is 0 Å². The summed E-state index contributed by atoms with van der Waals surface area (Å²) in [5, 5.41) is 10.9. The zero-order valence-electron chi connectivity index (χ0n) is 12.7. The van der Waals surface area contributed by atoms with Gasteiger partial charge in [0.25, 0.3) is 10.0 Å². The molecule has 3 heterocycles. The van der Waals surface area contributed by atoms with Gasteiger partial charge in [0.15, 0.2) is 0 Å². The first-order valence-electron chi connectivity index (χ1n) is 7.09. The van der Waals surface area contributed by atoms with E-state index in [0.717, 1.165) is 15.7 Å². The van der Waals surface area contributed by atoms with E-state index in [1.165, 1.54) is 12.1 Å². The lowest BCUT2D eigenvalue weighted by molar-refractivity contribution is -0.147. The fraction of sp³-hybridized carbons (Fsp3) is 0.357. The van der Waals surface area contributed by atoms with E-state index in [1.54, 1.807) is 11.3 Å². The summed E-state index contributed by atoms with van der Waals surface area (Å²) in [5.41, 5.74) is 0. The number of halogens is 2. The van der Waals surface area contributed by atoms with Gasteiger partial charge in [-0.3, -0.25) is 4.79 Å². The number of hydrogen-bond acceptors (Lipinski definition) is 6. The van der Waals surface area contributed by atoms with Crippen molar-refractivity contribution in [3.8, 4) is 0 Å². The Morgan fingerprint density at radius 3 is 2.52 bits per heavy atom. The third-order valence-corrected chi connectivity index (χ3v) is 7.44. The number of ether oxygens (including phenoxy) is 1. The van der Waals surface area contributed by atoms with Gasteiger partial charge in [-0.25, -0.2) is 8.42 Å². The molecule has 2 aromatic rings. The summed E-state index contributed by atoms with van der Waals surface area (Å²) in [4.78, 5) is 10.9. The van der Waals surface area contributed by atoms with Crippen LogP contribution in [-0.2, 0) is 19.6 Å². The van der Waals surface area contributed by atoms with Crippen molar-refractivity contribution in [1.82, 2.24) is 4.72 Å². The number of hydrogen-bond donors (Lipinski definition) is 2. The van der Waals surface area contributed by atoms with Crippen LogP contribution in [0, 0.1) is 5.92 Å². The fourth-order valence-electron chi connectivity index (χ4n) is 2.04. The number of carboxylic acids is 1. The molecule has 11 heteroatoms. The molecule has 0 spiro atoms. The summed E-state index contributed by atoms with van der Waals surface area (Å²) in [6, 6.07) is 6.68. The normalized spacial score (nSPS) is 20.6. The minimum absolute atomic E-state index is 0.0820. The van der Waals surface area contributed by atoms with Crippen LogP contribution in [0.4, 0.5) is 0 Å². The number of nitrogens with one attached hydrogen (secondary N) is 1. The van der Waals surface area contributed by atoms with Crippen LogP contribution in [-0.4, -0.2) is 32.3 Å². The van der Waals surface area contributed by atoms with E-state index in [1.807, 2.05) is 17.5 Å². The Hall–Kier alpha value is -0.680. The number of sulfonamides is 1. The van der Waals surface area contributed by atoms with Gasteiger partial charge >= 0.3 is 5.97 Å². The van der Waals surface area contributed by atoms with Gasteiger partial charge in [-0.05, 0) is 36.1 Å². The molecule has 0 aromatic carbocycles. The van der Waals surface area contributed by atoms with E-state index >= 15 is 0 Å². The second kappa shape index (κ2) is 9.31. The van der Waals surface area contributed by atoms with Crippen molar-refractivity contribution in [2.45, 2.75) is 23.3 Å². The van der Waals surface area contributed by atoms with E-state index in [-0.39, 0.29) is 17.2 Å². The Bertz CT molecular complexity index is 791. The van der Waals surface area contributed by atoms with Crippen molar-refractivity contribution in [2.24, 2.45) is 5.92 Å². The molecule has 25 heavy (non-hydrogen) atoms. The second-order valence-corrected chi connectivity index (χ2v) is 10.3. The van der Waals surface area contributed by atoms with E-state index < -0.39 is 28.1 Å². The predicted octanol–water partition coefficient (Wildman–Crippen LogP) is 3.92. The standard InChI is InChI=1S/C10H12ClNO5S2.C4H3ClS/c11-7-1-2-9(18-7)19(15,16)12-8-5-6(10(13)14)3-4-17-8;5-4-2-1-3-6-4/h1-2,6,8,12H,3-5H2,(H,13,14);1-3H. The number of rotatable bonds is 4. The highest BCUT2D eigenvalue weighted by Gasteiger charge is 2.31. The molecule has 2 unspecified atom stereocenters. The van der Waals surface area contributed by atoms with Crippen LogP contribution in [0.1, 0.15) is 12.8 Å². The average molecular weight is 444 g/mol. The largest absolute Gasteiger partial charge is 0.481 e. The Morgan fingerprint density at radius 1 is 1.28 bits per heavy atom. The molecule has 0 saturated carbocycles. The highest BCUT2D eigenvalue weighted by Crippen LogP contribution is 2.27. The quantitative estimate of drug-likeness (QED) is 0.746. The van der Waals surface area contributed by atoms with Crippen molar-refractivity contribution >= 4 is 61.9 Å². The smallest absolute Gasteiger partial charge is 0.306 e. The average Bonchev–Trinajstić information content (AvgIpc) is 3.19. The molecule has 1 fully saturated rings. The van der Waals surface area contributed by atoms with Crippen molar-refractivity contribution < 1.29 is 23.1 Å². The number of carboxylic acid groups (broad SMARTS) is 1. The Morgan fingerprint density at radius 2 is 2.04 bits per heavy atom. The summed E-state index contributed by atoms with van der Waals surface area (Å²) in [6.07, 6.45) is -0.313. The van der Waals surface area contributed by atoms with Crippen LogP contribution in [0.25, 0.3) is 0 Å². The van der Waals surface area contributed by atoms with Crippen LogP contribution < -0.4 is 4.72 Å². The lowest BCUT2D eigenvalue weighted by Crippen LogP contribution is -2.42. The van der Waals surface area contributed by atoms with Gasteiger partial charge in [0.1, 0.15) is 10.4 Å². The minimum atomic E-state index is -3.72.